The van der Waals surface area contributed by atoms with Crippen molar-refractivity contribution in [2.45, 2.75) is 70.2 Å². The number of fused-ring (bicyclic) bond motifs is 2. The molecule has 6 heterocycles. The molecule has 2 aliphatic heterocycles. The van der Waals surface area contributed by atoms with Crippen LogP contribution in [-0.4, -0.2) is 172 Å². The number of rotatable bonds is 21. The Morgan fingerprint density at radius 1 is 0.892 bits per heavy atom. The predicted molar refractivity (Wildman–Crippen MR) is 282 cm³/mol. The Bertz CT molecular complexity index is 2850. The van der Waals surface area contributed by atoms with Gasteiger partial charge >= 0.3 is 6.09 Å². The third-order valence-electron chi connectivity index (χ3n) is 13.3. The number of hydrogen-bond donors (Lipinski definition) is 4. The molecule has 20 nitrogen and oxygen atoms in total. The molecule has 394 valence electrons. The molecule has 2 saturated heterocycles. The van der Waals surface area contributed by atoms with Gasteiger partial charge in [-0.05, 0) is 96.1 Å². The highest BCUT2D eigenvalue weighted by Gasteiger charge is 2.45. The van der Waals surface area contributed by atoms with Crippen molar-refractivity contribution in [1.29, 1.82) is 0 Å². The minimum Gasteiger partial charge on any atom is -0.492 e. The number of halogens is 1. The number of nitrogens with one attached hydrogen (secondary N) is 4. The van der Waals surface area contributed by atoms with E-state index in [2.05, 4.69) is 55.6 Å². The normalized spacial score (nSPS) is 15.6. The van der Waals surface area contributed by atoms with Gasteiger partial charge in [-0.15, -0.1) is 0 Å². The predicted octanol–water partition coefficient (Wildman–Crippen LogP) is 5.44. The van der Waals surface area contributed by atoms with Crippen LogP contribution in [0.4, 0.5) is 10.6 Å². The summed E-state index contributed by atoms with van der Waals surface area (Å²) in [4.78, 5) is 83.9. The lowest BCUT2D eigenvalue weighted by atomic mass is 9.85. The van der Waals surface area contributed by atoms with Gasteiger partial charge in [-0.2, -0.15) is 0 Å². The number of aromatic amines is 1. The highest BCUT2D eigenvalue weighted by molar-refractivity contribution is 6.30. The number of amides is 4. The Morgan fingerprint density at radius 2 is 1.66 bits per heavy atom. The number of piperidine rings is 1. The van der Waals surface area contributed by atoms with Crippen molar-refractivity contribution in [2.75, 3.05) is 97.7 Å². The first-order chi connectivity index (χ1) is 35.6. The molecule has 0 spiro atoms. The fourth-order valence-electron chi connectivity index (χ4n) is 9.19. The van der Waals surface area contributed by atoms with E-state index < -0.39 is 23.3 Å². The monoisotopic (exact) mass is 1030 g/mol. The molecular formula is C53H68ClN13O7. The van der Waals surface area contributed by atoms with Crippen LogP contribution in [-0.2, 0) is 25.6 Å². The van der Waals surface area contributed by atoms with Crippen LogP contribution in [0.3, 0.4) is 0 Å². The number of pyridine rings is 1. The molecule has 6 aromatic rings. The Balaban J connectivity index is 0.787. The Labute approximate surface area is 436 Å². The summed E-state index contributed by atoms with van der Waals surface area (Å²) >= 11 is 6.31. The summed E-state index contributed by atoms with van der Waals surface area (Å²) in [5.74, 6) is 0.927. The quantitative estimate of drug-likeness (QED) is 0.0661. The fraction of sp³-hybridized carbons (Fsp3) is 0.472. The fourth-order valence-corrected chi connectivity index (χ4v) is 9.32. The van der Waals surface area contributed by atoms with E-state index in [9.17, 15) is 19.2 Å². The summed E-state index contributed by atoms with van der Waals surface area (Å²) in [5, 5.41) is 10.6. The molecule has 0 bridgehead atoms. The molecule has 0 aliphatic carbocycles. The van der Waals surface area contributed by atoms with Crippen LogP contribution >= 0.6 is 11.6 Å². The molecule has 0 unspecified atom stereocenters. The summed E-state index contributed by atoms with van der Waals surface area (Å²) in [7, 11) is 4.01. The zero-order valence-electron chi connectivity index (χ0n) is 42.9. The van der Waals surface area contributed by atoms with E-state index in [-0.39, 0.29) is 49.6 Å². The average molecular weight is 1030 g/mol. The number of carbonyl (C=O) groups excluding carboxylic acids is 4. The number of likely N-dealkylation sites (N-methyl/N-ethyl adjacent to an activating group) is 1. The lowest BCUT2D eigenvalue weighted by Crippen LogP contribution is -2.64. The number of carbonyl (C=O) groups is 4. The maximum atomic E-state index is 14.7. The summed E-state index contributed by atoms with van der Waals surface area (Å²) in [6, 6.07) is 20.3. The second-order valence-corrected chi connectivity index (χ2v) is 20.4. The number of piperazine rings is 1. The average Bonchev–Trinajstić information content (AvgIpc) is 4.04. The van der Waals surface area contributed by atoms with E-state index in [0.29, 0.717) is 94.4 Å². The molecule has 0 saturated carbocycles. The van der Waals surface area contributed by atoms with Crippen molar-refractivity contribution < 1.29 is 33.4 Å². The Hall–Kier alpha value is -6.87. The highest BCUT2D eigenvalue weighted by Crippen LogP contribution is 2.32. The topological polar surface area (TPSA) is 217 Å². The van der Waals surface area contributed by atoms with Gasteiger partial charge in [0.2, 0.25) is 11.8 Å². The van der Waals surface area contributed by atoms with E-state index >= 15 is 0 Å². The number of H-pyrrole nitrogens is 1. The van der Waals surface area contributed by atoms with Crippen molar-refractivity contribution in [1.82, 2.24) is 60.1 Å². The van der Waals surface area contributed by atoms with Crippen LogP contribution in [0, 0.1) is 0 Å². The molecule has 1 atom stereocenters. The van der Waals surface area contributed by atoms with Gasteiger partial charge in [-0.1, -0.05) is 41.9 Å². The lowest BCUT2D eigenvalue weighted by molar-refractivity contribution is -0.134. The van der Waals surface area contributed by atoms with Crippen LogP contribution in [0.15, 0.2) is 85.6 Å². The molecule has 2 fully saturated rings. The van der Waals surface area contributed by atoms with E-state index in [4.69, 9.17) is 25.8 Å². The summed E-state index contributed by atoms with van der Waals surface area (Å²) < 4.78 is 19.4. The number of benzene rings is 2. The largest absolute Gasteiger partial charge is 0.492 e. The maximum Gasteiger partial charge on any atom is 0.408 e. The standard InChI is InChI=1S/C53H68ClN13O7/c1-52(2,3)74-51(71)62-53(19-24-66(25-20-53)47-40-16-21-55-46(40)57-35-58-47)50(70)61-41(37-10-12-39(54)13-11-37)17-23-64-26-28-65(29-27-64)45(68)18-31-72-32-22-56-49(69)43-15-14-42-48(60-43)67(36-59-42)34-38-8-6-7-9-44(38)73-33-30-63(4)5/h6-16,21,35-36,41H,17-20,22-34H2,1-5H3,(H,56,69)(H,61,70)(H,62,71)(H,55,57,58)/t41-/m0/s1. The van der Waals surface area contributed by atoms with Gasteiger partial charge in [-0.25, -0.2) is 24.7 Å². The van der Waals surface area contributed by atoms with Crippen molar-refractivity contribution in [3.63, 3.8) is 0 Å². The van der Waals surface area contributed by atoms with Gasteiger partial charge in [0, 0.05) is 75.7 Å². The number of ether oxygens (including phenoxy) is 3. The second-order valence-electron chi connectivity index (χ2n) is 20.0. The smallest absolute Gasteiger partial charge is 0.408 e. The Morgan fingerprint density at radius 3 is 2.42 bits per heavy atom. The first-order valence-electron chi connectivity index (χ1n) is 25.3. The van der Waals surface area contributed by atoms with Gasteiger partial charge < -0.3 is 54.4 Å². The SMILES string of the molecule is CN(C)CCOc1ccccc1Cn1cnc2ccc(C(=O)NCCOCCC(=O)N3CCN(CC[C@H](NC(=O)C4(NC(=O)OC(C)(C)C)CCN(c5ncnc6[nH]ccc56)CC4)c4ccc(Cl)cc4)CC3)nc21. The minimum atomic E-state index is -1.26. The first-order valence-corrected chi connectivity index (χ1v) is 25.6. The summed E-state index contributed by atoms with van der Waals surface area (Å²) in [6.45, 7) is 11.9. The number of hydrogen-bond acceptors (Lipinski definition) is 14. The number of alkyl carbamates (subject to hydrolysis) is 1. The van der Waals surface area contributed by atoms with E-state index in [1.54, 1.807) is 51.4 Å². The summed E-state index contributed by atoms with van der Waals surface area (Å²) in [6.07, 6.45) is 5.82. The Kier molecular flexibility index (Phi) is 17.6. The van der Waals surface area contributed by atoms with Crippen LogP contribution in [0.1, 0.15) is 74.1 Å². The molecule has 0 radical (unpaired) electrons. The summed E-state index contributed by atoms with van der Waals surface area (Å²) in [5.41, 5.74) is 2.10. The van der Waals surface area contributed by atoms with Gasteiger partial charge in [0.05, 0.1) is 43.9 Å². The second kappa shape index (κ2) is 24.4. The first kappa shape index (κ1) is 53.4. The van der Waals surface area contributed by atoms with Crippen LogP contribution in [0.2, 0.25) is 5.02 Å². The number of imidazole rings is 1. The molecule has 4 N–H and O–H groups in total. The number of aromatic nitrogens is 6. The molecule has 21 heteroatoms. The third-order valence-corrected chi connectivity index (χ3v) is 13.5. The lowest BCUT2D eigenvalue weighted by Gasteiger charge is -2.42. The van der Waals surface area contributed by atoms with Gasteiger partial charge in [0.25, 0.3) is 5.91 Å². The molecule has 2 aromatic carbocycles. The van der Waals surface area contributed by atoms with Crippen molar-refractivity contribution in [3.8, 4) is 5.75 Å². The van der Waals surface area contributed by atoms with E-state index in [0.717, 1.165) is 40.3 Å². The van der Waals surface area contributed by atoms with Gasteiger partial charge in [0.15, 0.2) is 5.65 Å². The number of nitrogens with zero attached hydrogens (tertiary/aromatic N) is 9. The van der Waals surface area contributed by atoms with Crippen molar-refractivity contribution >= 4 is 63.4 Å². The zero-order valence-corrected chi connectivity index (χ0v) is 43.7. The van der Waals surface area contributed by atoms with Crippen LogP contribution < -0.4 is 25.6 Å². The van der Waals surface area contributed by atoms with Crippen molar-refractivity contribution in [3.05, 3.63) is 107 Å². The number of para-hydroxylation sites is 1. The molecule has 8 rings (SSSR count). The van der Waals surface area contributed by atoms with Crippen LogP contribution in [0.5, 0.6) is 5.75 Å². The third kappa shape index (κ3) is 14.0. The van der Waals surface area contributed by atoms with Gasteiger partial charge in [0.1, 0.15) is 52.5 Å². The molecule has 4 amide bonds. The molecular weight excluding hydrogens is 966 g/mol. The minimum absolute atomic E-state index is 0.00270. The van der Waals surface area contributed by atoms with Crippen LogP contribution in [0.25, 0.3) is 22.2 Å². The zero-order chi connectivity index (χ0) is 52.2. The number of anilines is 1. The maximum absolute atomic E-state index is 14.7. The highest BCUT2D eigenvalue weighted by atomic mass is 35.5. The van der Waals surface area contributed by atoms with Gasteiger partial charge in [-0.3, -0.25) is 19.3 Å². The molecule has 74 heavy (non-hydrogen) atoms. The van der Waals surface area contributed by atoms with E-state index in [1.165, 1.54) is 6.33 Å². The van der Waals surface area contributed by atoms with Crippen molar-refractivity contribution in [2.24, 2.45) is 0 Å². The van der Waals surface area contributed by atoms with E-state index in [1.807, 2.05) is 72.2 Å². The molecule has 4 aromatic heterocycles. The molecule has 2 aliphatic rings.